The second-order valence-electron chi connectivity index (χ2n) is 4.94. The van der Waals surface area contributed by atoms with Crippen molar-refractivity contribution in [3.05, 3.63) is 58.7 Å². The molecule has 1 N–H and O–H groups in total. The molecule has 0 aliphatic rings. The lowest BCUT2D eigenvalue weighted by molar-refractivity contribution is 0.509. The molecule has 0 bridgehead atoms. The molecule has 6 heteroatoms. The van der Waals surface area contributed by atoms with Crippen molar-refractivity contribution >= 4 is 15.7 Å². The lowest BCUT2D eigenvalue weighted by Gasteiger charge is -2.12. The molecule has 0 aromatic heterocycles. The number of rotatable bonds is 3. The summed E-state index contributed by atoms with van der Waals surface area (Å²) in [7, 11) is -3.85. The van der Waals surface area contributed by atoms with Gasteiger partial charge in [-0.1, -0.05) is 6.07 Å². The molecule has 2 aromatic carbocycles. The highest BCUT2D eigenvalue weighted by molar-refractivity contribution is 7.92. The largest absolute Gasteiger partial charge is 0.280 e. The maximum absolute atomic E-state index is 13.1. The number of nitrogens with one attached hydrogen (secondary N) is 1. The molecule has 0 aliphatic carbocycles. The van der Waals surface area contributed by atoms with Crippen molar-refractivity contribution in [3.63, 3.8) is 0 Å². The fourth-order valence-corrected chi connectivity index (χ4v) is 3.36. The Labute approximate surface area is 122 Å². The molecule has 0 amide bonds. The second kappa shape index (κ2) is 5.44. The zero-order valence-corrected chi connectivity index (χ0v) is 12.7. The van der Waals surface area contributed by atoms with Gasteiger partial charge in [-0.3, -0.25) is 4.72 Å². The van der Waals surface area contributed by atoms with Crippen LogP contribution in [-0.2, 0) is 10.0 Å². The first-order chi connectivity index (χ1) is 9.70. The van der Waals surface area contributed by atoms with Crippen molar-refractivity contribution in [2.45, 2.75) is 25.7 Å². The minimum atomic E-state index is -3.85. The Morgan fingerprint density at radius 2 is 1.48 bits per heavy atom. The molecular formula is C15H15F2NO2S. The molecule has 2 rings (SSSR count). The molecule has 3 nitrogen and oxygen atoms in total. The third-order valence-corrected chi connectivity index (χ3v) is 4.78. The molecule has 0 fully saturated rings. The van der Waals surface area contributed by atoms with Gasteiger partial charge in [0, 0.05) is 6.07 Å². The van der Waals surface area contributed by atoms with E-state index in [2.05, 4.69) is 4.72 Å². The molecule has 21 heavy (non-hydrogen) atoms. The van der Waals surface area contributed by atoms with Gasteiger partial charge in [-0.2, -0.15) is 0 Å². The molecule has 0 saturated carbocycles. The van der Waals surface area contributed by atoms with Crippen molar-refractivity contribution in [1.82, 2.24) is 0 Å². The van der Waals surface area contributed by atoms with Crippen molar-refractivity contribution in [1.29, 1.82) is 0 Å². The third kappa shape index (κ3) is 3.21. The number of halogens is 2. The molecule has 112 valence electrons. The number of hydrogen-bond acceptors (Lipinski definition) is 2. The van der Waals surface area contributed by atoms with E-state index in [-0.39, 0.29) is 10.6 Å². The van der Waals surface area contributed by atoms with Crippen LogP contribution in [0.25, 0.3) is 0 Å². The first-order valence-corrected chi connectivity index (χ1v) is 7.75. The fourth-order valence-electron chi connectivity index (χ4n) is 1.99. The van der Waals surface area contributed by atoms with E-state index < -0.39 is 21.7 Å². The Balaban J connectivity index is 2.43. The number of hydrogen-bond donors (Lipinski definition) is 1. The van der Waals surface area contributed by atoms with Gasteiger partial charge in [-0.25, -0.2) is 17.2 Å². The lowest BCUT2D eigenvalue weighted by Crippen LogP contribution is -2.15. The molecule has 2 aromatic rings. The SMILES string of the molecule is Cc1cc(C)c(S(=O)(=O)Nc2ccc(F)c(F)c2)cc1C. The van der Waals surface area contributed by atoms with Gasteiger partial charge in [-0.15, -0.1) is 0 Å². The maximum atomic E-state index is 13.1. The normalized spacial score (nSPS) is 11.5. The van der Waals surface area contributed by atoms with E-state index in [4.69, 9.17) is 0 Å². The highest BCUT2D eigenvalue weighted by Crippen LogP contribution is 2.23. The average molecular weight is 311 g/mol. The van der Waals surface area contributed by atoms with Gasteiger partial charge in [0.15, 0.2) is 11.6 Å². The molecule has 0 atom stereocenters. The van der Waals surface area contributed by atoms with Crippen LogP contribution >= 0.6 is 0 Å². The predicted molar refractivity (Wildman–Crippen MR) is 77.8 cm³/mol. The van der Waals surface area contributed by atoms with Crippen molar-refractivity contribution in [2.75, 3.05) is 4.72 Å². The summed E-state index contributed by atoms with van der Waals surface area (Å²) < 4.78 is 53.0. The first kappa shape index (κ1) is 15.4. The van der Waals surface area contributed by atoms with Gasteiger partial charge in [0.2, 0.25) is 0 Å². The fraction of sp³-hybridized carbons (Fsp3) is 0.200. The zero-order valence-electron chi connectivity index (χ0n) is 11.9. The summed E-state index contributed by atoms with van der Waals surface area (Å²) in [5.74, 6) is -2.13. The summed E-state index contributed by atoms with van der Waals surface area (Å²) in [5, 5.41) is 0. The second-order valence-corrected chi connectivity index (χ2v) is 6.59. The molecular weight excluding hydrogens is 296 g/mol. The van der Waals surface area contributed by atoms with Crippen LogP contribution in [-0.4, -0.2) is 8.42 Å². The van der Waals surface area contributed by atoms with E-state index in [1.807, 2.05) is 13.8 Å². The smallest absolute Gasteiger partial charge is 0.262 e. The van der Waals surface area contributed by atoms with Gasteiger partial charge in [0.1, 0.15) is 0 Å². The van der Waals surface area contributed by atoms with E-state index in [9.17, 15) is 17.2 Å². The van der Waals surface area contributed by atoms with Crippen LogP contribution in [0.5, 0.6) is 0 Å². The van der Waals surface area contributed by atoms with Crippen LogP contribution in [0.4, 0.5) is 14.5 Å². The van der Waals surface area contributed by atoms with E-state index in [0.717, 1.165) is 23.3 Å². The van der Waals surface area contributed by atoms with Crippen molar-refractivity contribution in [2.24, 2.45) is 0 Å². The standard InChI is InChI=1S/C15H15F2NO2S/c1-9-6-11(3)15(7-10(9)2)21(19,20)18-12-4-5-13(16)14(17)8-12/h4-8,18H,1-3H3. The Morgan fingerprint density at radius 3 is 2.10 bits per heavy atom. The van der Waals surface area contributed by atoms with Crippen LogP contribution in [0.1, 0.15) is 16.7 Å². The van der Waals surface area contributed by atoms with Crippen LogP contribution in [0, 0.1) is 32.4 Å². The Morgan fingerprint density at radius 1 is 0.857 bits per heavy atom. The summed E-state index contributed by atoms with van der Waals surface area (Å²) in [6.45, 7) is 5.39. The third-order valence-electron chi connectivity index (χ3n) is 3.25. The Bertz CT molecular complexity index is 802. The van der Waals surface area contributed by atoms with Crippen LogP contribution in [0.15, 0.2) is 35.2 Å². The predicted octanol–water partition coefficient (Wildman–Crippen LogP) is 3.69. The van der Waals surface area contributed by atoms with Gasteiger partial charge < -0.3 is 0 Å². The van der Waals surface area contributed by atoms with E-state index in [1.54, 1.807) is 19.1 Å². The minimum absolute atomic E-state index is 0.0217. The summed E-state index contributed by atoms with van der Waals surface area (Å²) in [5.41, 5.74) is 2.39. The number of sulfonamides is 1. The Kier molecular flexibility index (Phi) is 4.00. The van der Waals surface area contributed by atoms with Crippen molar-refractivity contribution < 1.29 is 17.2 Å². The van der Waals surface area contributed by atoms with E-state index in [1.165, 1.54) is 6.07 Å². The minimum Gasteiger partial charge on any atom is -0.280 e. The van der Waals surface area contributed by atoms with Crippen LogP contribution in [0.2, 0.25) is 0 Å². The summed E-state index contributed by atoms with van der Waals surface area (Å²) in [6.07, 6.45) is 0. The quantitative estimate of drug-likeness (QED) is 0.939. The Hall–Kier alpha value is -1.95. The first-order valence-electron chi connectivity index (χ1n) is 6.26. The molecule has 0 saturated heterocycles. The maximum Gasteiger partial charge on any atom is 0.262 e. The molecule has 0 radical (unpaired) electrons. The average Bonchev–Trinajstić information content (AvgIpc) is 2.37. The van der Waals surface area contributed by atoms with Crippen LogP contribution < -0.4 is 4.72 Å². The molecule has 0 heterocycles. The van der Waals surface area contributed by atoms with Gasteiger partial charge in [-0.05, 0) is 55.7 Å². The van der Waals surface area contributed by atoms with Crippen molar-refractivity contribution in [3.8, 4) is 0 Å². The zero-order chi connectivity index (χ0) is 15.8. The van der Waals surface area contributed by atoms with Gasteiger partial charge in [0.25, 0.3) is 10.0 Å². The molecule has 0 unspecified atom stereocenters. The van der Waals surface area contributed by atoms with Crippen LogP contribution in [0.3, 0.4) is 0 Å². The molecule has 0 aliphatic heterocycles. The topological polar surface area (TPSA) is 46.2 Å². The lowest BCUT2D eigenvalue weighted by atomic mass is 10.1. The monoisotopic (exact) mass is 311 g/mol. The highest BCUT2D eigenvalue weighted by atomic mass is 32.2. The van der Waals surface area contributed by atoms with Gasteiger partial charge in [0.05, 0.1) is 10.6 Å². The summed E-state index contributed by atoms with van der Waals surface area (Å²) >= 11 is 0. The number of anilines is 1. The highest BCUT2D eigenvalue weighted by Gasteiger charge is 2.18. The number of benzene rings is 2. The summed E-state index contributed by atoms with van der Waals surface area (Å²) in [4.78, 5) is 0.121. The van der Waals surface area contributed by atoms with E-state index >= 15 is 0 Å². The number of aryl methyl sites for hydroxylation is 3. The molecule has 0 spiro atoms. The summed E-state index contributed by atoms with van der Waals surface area (Å²) in [6, 6.07) is 6.19. The van der Waals surface area contributed by atoms with Gasteiger partial charge >= 0.3 is 0 Å². The van der Waals surface area contributed by atoms with E-state index in [0.29, 0.717) is 5.56 Å².